The molecule has 1 amide bonds. The summed E-state index contributed by atoms with van der Waals surface area (Å²) >= 11 is 0. The first-order valence-electron chi connectivity index (χ1n) is 9.31. The quantitative estimate of drug-likeness (QED) is 0.829. The number of hydrogen-bond acceptors (Lipinski definition) is 4. The molecule has 1 aliphatic heterocycles. The second-order valence-electron chi connectivity index (χ2n) is 6.77. The highest BCUT2D eigenvalue weighted by Crippen LogP contribution is 2.44. The zero-order valence-corrected chi connectivity index (χ0v) is 15.3. The molecule has 0 aromatic heterocycles. The number of likely N-dealkylation sites (N-methyl/N-ethyl adjacent to an activating group) is 1. The number of carbonyl (C=O) groups is 1. The summed E-state index contributed by atoms with van der Waals surface area (Å²) in [5.74, 6) is 0.315. The van der Waals surface area contributed by atoms with Crippen molar-refractivity contribution in [3.8, 4) is 11.5 Å². The lowest BCUT2D eigenvalue weighted by Crippen LogP contribution is -2.48. The smallest absolute Gasteiger partial charge is 0.387 e. The lowest BCUT2D eigenvalue weighted by molar-refractivity contribution is -0.134. The van der Waals surface area contributed by atoms with Crippen molar-refractivity contribution in [1.29, 1.82) is 0 Å². The van der Waals surface area contributed by atoms with Crippen molar-refractivity contribution >= 4 is 5.91 Å². The first-order chi connectivity index (χ1) is 12.5. The Bertz CT molecular complexity index is 648. The van der Waals surface area contributed by atoms with Crippen molar-refractivity contribution in [2.24, 2.45) is 0 Å². The van der Waals surface area contributed by atoms with Gasteiger partial charge in [0.25, 0.3) is 0 Å². The summed E-state index contributed by atoms with van der Waals surface area (Å²) in [4.78, 5) is 14.8. The summed E-state index contributed by atoms with van der Waals surface area (Å²) in [7, 11) is 0. The van der Waals surface area contributed by atoms with Gasteiger partial charge in [0, 0.05) is 12.1 Å². The molecule has 1 saturated carbocycles. The Kier molecular flexibility index (Phi) is 5.65. The molecule has 7 heteroatoms. The molecule has 1 heterocycles. The first kappa shape index (κ1) is 18.9. The van der Waals surface area contributed by atoms with Gasteiger partial charge in [0.05, 0.1) is 12.1 Å². The van der Waals surface area contributed by atoms with E-state index >= 15 is 0 Å². The Labute approximate surface area is 152 Å². The van der Waals surface area contributed by atoms with E-state index in [2.05, 4.69) is 5.32 Å². The third-order valence-electron chi connectivity index (χ3n) is 5.25. The van der Waals surface area contributed by atoms with Crippen molar-refractivity contribution < 1.29 is 23.0 Å². The number of ether oxygens (including phenoxy) is 2. The number of halogens is 2. The molecule has 1 N–H and O–H groups in total. The molecule has 1 atom stereocenters. The molecule has 0 bridgehead atoms. The molecule has 1 spiro atoms. The second-order valence-corrected chi connectivity index (χ2v) is 6.77. The molecule has 5 nitrogen and oxygen atoms in total. The van der Waals surface area contributed by atoms with E-state index in [0.717, 1.165) is 32.1 Å². The summed E-state index contributed by atoms with van der Waals surface area (Å²) < 4.78 is 36.4. The van der Waals surface area contributed by atoms with Crippen LogP contribution in [0.2, 0.25) is 0 Å². The predicted molar refractivity (Wildman–Crippen MR) is 93.3 cm³/mol. The van der Waals surface area contributed by atoms with Gasteiger partial charge in [-0.2, -0.15) is 8.78 Å². The fourth-order valence-corrected chi connectivity index (χ4v) is 4.11. The van der Waals surface area contributed by atoms with Crippen LogP contribution in [0.5, 0.6) is 11.5 Å². The lowest BCUT2D eigenvalue weighted by atomic mass is 9.81. The van der Waals surface area contributed by atoms with Gasteiger partial charge in [-0.25, -0.2) is 0 Å². The SMILES string of the molecule is CCOc1cccc(C2NC3(CCCCC3)C(=O)N2CC)c1OC(F)F. The minimum atomic E-state index is -2.97. The monoisotopic (exact) mass is 368 g/mol. The van der Waals surface area contributed by atoms with Gasteiger partial charge in [0.15, 0.2) is 11.5 Å². The van der Waals surface area contributed by atoms with Crippen LogP contribution in [0.3, 0.4) is 0 Å². The number of nitrogens with zero attached hydrogens (tertiary/aromatic N) is 1. The Balaban J connectivity index is 2.01. The topological polar surface area (TPSA) is 50.8 Å². The van der Waals surface area contributed by atoms with Crippen LogP contribution in [-0.4, -0.2) is 36.1 Å². The van der Waals surface area contributed by atoms with Gasteiger partial charge in [0.1, 0.15) is 6.17 Å². The number of nitrogens with one attached hydrogen (secondary N) is 1. The lowest BCUT2D eigenvalue weighted by Gasteiger charge is -2.31. The van der Waals surface area contributed by atoms with Crippen LogP contribution in [-0.2, 0) is 4.79 Å². The van der Waals surface area contributed by atoms with Gasteiger partial charge >= 0.3 is 6.61 Å². The molecule has 1 unspecified atom stereocenters. The number of rotatable bonds is 6. The Morgan fingerprint density at radius 3 is 2.62 bits per heavy atom. The highest BCUT2D eigenvalue weighted by molar-refractivity contribution is 5.89. The van der Waals surface area contributed by atoms with E-state index in [1.165, 1.54) is 0 Å². The first-order valence-corrected chi connectivity index (χ1v) is 9.31. The number of carbonyl (C=O) groups excluding carboxylic acids is 1. The van der Waals surface area contributed by atoms with E-state index in [1.807, 2.05) is 6.92 Å². The summed E-state index contributed by atoms with van der Waals surface area (Å²) in [6.45, 7) is 1.54. The van der Waals surface area contributed by atoms with Crippen molar-refractivity contribution in [3.05, 3.63) is 23.8 Å². The molecular formula is C19H26F2N2O3. The highest BCUT2D eigenvalue weighted by Gasteiger charge is 2.51. The minimum absolute atomic E-state index is 0.000888. The predicted octanol–water partition coefficient (Wildman–Crippen LogP) is 3.84. The molecule has 144 valence electrons. The van der Waals surface area contributed by atoms with Gasteiger partial charge in [0.2, 0.25) is 5.91 Å². The van der Waals surface area contributed by atoms with Gasteiger partial charge in [-0.3, -0.25) is 10.1 Å². The average molecular weight is 368 g/mol. The van der Waals surface area contributed by atoms with Crippen LogP contribution in [0, 0.1) is 0 Å². The van der Waals surface area contributed by atoms with Gasteiger partial charge in [-0.15, -0.1) is 0 Å². The van der Waals surface area contributed by atoms with Crippen molar-refractivity contribution in [2.75, 3.05) is 13.2 Å². The van der Waals surface area contributed by atoms with E-state index in [1.54, 1.807) is 30.0 Å². The number of para-hydroxylation sites is 1. The zero-order valence-electron chi connectivity index (χ0n) is 15.3. The number of hydrogen-bond donors (Lipinski definition) is 1. The molecule has 26 heavy (non-hydrogen) atoms. The summed E-state index contributed by atoms with van der Waals surface area (Å²) in [6, 6.07) is 5.06. The van der Waals surface area contributed by atoms with Crippen LogP contribution in [0.4, 0.5) is 8.78 Å². The molecule has 3 rings (SSSR count). The Morgan fingerprint density at radius 2 is 2.00 bits per heavy atom. The molecular weight excluding hydrogens is 342 g/mol. The van der Waals surface area contributed by atoms with Crippen LogP contribution < -0.4 is 14.8 Å². The van der Waals surface area contributed by atoms with E-state index in [-0.39, 0.29) is 17.4 Å². The number of amides is 1. The third kappa shape index (κ3) is 3.37. The molecule has 1 aromatic rings. The van der Waals surface area contributed by atoms with Crippen LogP contribution >= 0.6 is 0 Å². The molecule has 0 radical (unpaired) electrons. The van der Waals surface area contributed by atoms with E-state index in [9.17, 15) is 13.6 Å². The molecule has 2 fully saturated rings. The van der Waals surface area contributed by atoms with E-state index in [0.29, 0.717) is 18.7 Å². The minimum Gasteiger partial charge on any atom is -0.490 e. The van der Waals surface area contributed by atoms with Crippen LogP contribution in [0.25, 0.3) is 0 Å². The van der Waals surface area contributed by atoms with Gasteiger partial charge in [-0.1, -0.05) is 31.4 Å². The number of alkyl halides is 2. The van der Waals surface area contributed by atoms with Crippen molar-refractivity contribution in [1.82, 2.24) is 10.2 Å². The Morgan fingerprint density at radius 1 is 1.27 bits per heavy atom. The standard InChI is InChI=1S/C19H26F2N2O3/c1-3-23-16(22-19(17(23)24)11-6-5-7-12-19)13-9-8-10-14(25-4-2)15(13)26-18(20)21/h8-10,16,18,22H,3-7,11-12H2,1-2H3. The van der Waals surface area contributed by atoms with Gasteiger partial charge in [-0.05, 0) is 32.8 Å². The zero-order chi connectivity index (χ0) is 18.7. The van der Waals surface area contributed by atoms with Crippen molar-refractivity contribution in [2.45, 2.75) is 64.3 Å². The normalized spacial score (nSPS) is 22.3. The van der Waals surface area contributed by atoms with Gasteiger partial charge < -0.3 is 14.4 Å². The van der Waals surface area contributed by atoms with Crippen molar-refractivity contribution in [3.63, 3.8) is 0 Å². The summed E-state index contributed by atoms with van der Waals surface area (Å²) in [5.41, 5.74) is -0.0864. The maximum Gasteiger partial charge on any atom is 0.387 e. The summed E-state index contributed by atoms with van der Waals surface area (Å²) in [5, 5.41) is 3.45. The molecule has 1 saturated heterocycles. The fourth-order valence-electron chi connectivity index (χ4n) is 4.11. The van der Waals surface area contributed by atoms with E-state index in [4.69, 9.17) is 9.47 Å². The van der Waals surface area contributed by atoms with Crippen LogP contribution in [0.15, 0.2) is 18.2 Å². The third-order valence-corrected chi connectivity index (χ3v) is 5.25. The van der Waals surface area contributed by atoms with Crippen LogP contribution in [0.1, 0.15) is 57.7 Å². The molecule has 2 aliphatic rings. The molecule has 1 aliphatic carbocycles. The Hall–Kier alpha value is -1.89. The summed E-state index contributed by atoms with van der Waals surface area (Å²) in [6.07, 6.45) is 4.14. The second kappa shape index (κ2) is 7.78. The average Bonchev–Trinajstić information content (AvgIpc) is 2.88. The molecule has 1 aromatic carbocycles. The fraction of sp³-hybridized carbons (Fsp3) is 0.632. The maximum absolute atomic E-state index is 13.1. The van der Waals surface area contributed by atoms with E-state index < -0.39 is 18.3 Å². The number of benzene rings is 1. The largest absolute Gasteiger partial charge is 0.490 e. The maximum atomic E-state index is 13.1. The highest BCUT2D eigenvalue weighted by atomic mass is 19.3.